The first kappa shape index (κ1) is 9.27. The van der Waals surface area contributed by atoms with Crippen LogP contribution in [0.25, 0.3) is 11.3 Å². The van der Waals surface area contributed by atoms with Crippen molar-refractivity contribution in [3.63, 3.8) is 0 Å². The van der Waals surface area contributed by atoms with Crippen molar-refractivity contribution in [3.8, 4) is 11.3 Å². The van der Waals surface area contributed by atoms with Crippen LogP contribution in [-0.2, 0) is 0 Å². The molecule has 0 bridgehead atoms. The fourth-order valence-electron chi connectivity index (χ4n) is 1.27. The largest absolute Gasteiger partial charge is 0.360 e. The number of H-pyrrole nitrogens is 1. The monoisotopic (exact) mass is 253 g/mol. The van der Waals surface area contributed by atoms with Gasteiger partial charge in [-0.2, -0.15) is 0 Å². The lowest BCUT2D eigenvalue weighted by molar-refractivity contribution is 0.392. The molecule has 0 spiro atoms. The van der Waals surface area contributed by atoms with E-state index in [0.717, 1.165) is 15.7 Å². The normalized spacial score (nSPS) is 10.4. The molecule has 0 amide bonds. The predicted octanol–water partition coefficient (Wildman–Crippen LogP) is 2.71. The summed E-state index contributed by atoms with van der Waals surface area (Å²) in [7, 11) is 0. The highest BCUT2D eigenvalue weighted by molar-refractivity contribution is 9.10. The minimum absolute atomic E-state index is 0.323. The van der Waals surface area contributed by atoms with Crippen LogP contribution < -0.4 is 5.63 Å². The van der Waals surface area contributed by atoms with Crippen molar-refractivity contribution in [2.24, 2.45) is 0 Å². The molecule has 0 radical (unpaired) electrons. The number of benzene rings is 1. The van der Waals surface area contributed by atoms with E-state index in [9.17, 15) is 4.79 Å². The van der Waals surface area contributed by atoms with Gasteiger partial charge >= 0.3 is 5.63 Å². The molecule has 0 aliphatic heterocycles. The Morgan fingerprint density at radius 1 is 1.36 bits per heavy atom. The zero-order chi connectivity index (χ0) is 10.1. The van der Waals surface area contributed by atoms with Crippen molar-refractivity contribution < 1.29 is 4.52 Å². The molecule has 14 heavy (non-hydrogen) atoms. The second kappa shape index (κ2) is 3.46. The highest BCUT2D eigenvalue weighted by atomic mass is 79.9. The third-order valence-electron chi connectivity index (χ3n) is 2.07. The van der Waals surface area contributed by atoms with Crippen molar-refractivity contribution in [1.82, 2.24) is 5.16 Å². The van der Waals surface area contributed by atoms with Gasteiger partial charge in [0, 0.05) is 10.0 Å². The van der Waals surface area contributed by atoms with Gasteiger partial charge in [-0.3, -0.25) is 0 Å². The van der Waals surface area contributed by atoms with E-state index < -0.39 is 0 Å². The molecule has 72 valence electrons. The molecule has 0 fully saturated rings. The molecular weight excluding hydrogens is 246 g/mol. The molecule has 3 nitrogen and oxygen atoms in total. The van der Waals surface area contributed by atoms with Crippen LogP contribution in [-0.4, -0.2) is 5.16 Å². The van der Waals surface area contributed by atoms with E-state index in [-0.39, 0.29) is 5.63 Å². The van der Waals surface area contributed by atoms with Gasteiger partial charge in [0.15, 0.2) is 0 Å². The number of nitrogens with one attached hydrogen (secondary N) is 1. The fraction of sp³-hybridized carbons (Fsp3) is 0.100. The quantitative estimate of drug-likeness (QED) is 0.850. The van der Waals surface area contributed by atoms with Gasteiger partial charge in [0.05, 0.1) is 11.3 Å². The Hall–Kier alpha value is -1.29. The lowest BCUT2D eigenvalue weighted by Crippen LogP contribution is -1.95. The van der Waals surface area contributed by atoms with E-state index in [2.05, 4.69) is 21.1 Å². The summed E-state index contributed by atoms with van der Waals surface area (Å²) < 4.78 is 5.63. The third-order valence-corrected chi connectivity index (χ3v) is 2.76. The maximum absolute atomic E-state index is 11.1. The first-order valence-electron chi connectivity index (χ1n) is 4.13. The lowest BCUT2D eigenvalue weighted by Gasteiger charge is -2.00. The zero-order valence-electron chi connectivity index (χ0n) is 7.50. The van der Waals surface area contributed by atoms with Crippen LogP contribution in [0.1, 0.15) is 5.56 Å². The molecule has 0 aliphatic carbocycles. The molecule has 0 atom stereocenters. The number of aromatic nitrogens is 1. The van der Waals surface area contributed by atoms with E-state index in [1.807, 2.05) is 24.3 Å². The number of halogens is 1. The maximum atomic E-state index is 11.1. The highest BCUT2D eigenvalue weighted by Crippen LogP contribution is 2.27. The highest BCUT2D eigenvalue weighted by Gasteiger charge is 2.10. The summed E-state index contributed by atoms with van der Waals surface area (Å²) in [5.41, 5.74) is 1.92. The second-order valence-electron chi connectivity index (χ2n) is 2.97. The molecule has 0 saturated carbocycles. The van der Waals surface area contributed by atoms with Crippen molar-refractivity contribution >= 4 is 15.9 Å². The van der Waals surface area contributed by atoms with Crippen LogP contribution >= 0.6 is 15.9 Å². The average Bonchev–Trinajstić information content (AvgIpc) is 2.49. The summed E-state index contributed by atoms with van der Waals surface area (Å²) >= 11 is 3.41. The van der Waals surface area contributed by atoms with Gasteiger partial charge < -0.3 is 4.52 Å². The molecule has 4 heteroatoms. The van der Waals surface area contributed by atoms with Gasteiger partial charge in [-0.15, -0.1) is 0 Å². The van der Waals surface area contributed by atoms with Gasteiger partial charge in [0.1, 0.15) is 0 Å². The number of hydrogen-bond acceptors (Lipinski definition) is 2. The predicted molar refractivity (Wildman–Crippen MR) is 57.2 cm³/mol. The molecule has 2 rings (SSSR count). The van der Waals surface area contributed by atoms with Crippen molar-refractivity contribution in [2.75, 3.05) is 0 Å². The molecule has 0 aliphatic rings. The second-order valence-corrected chi connectivity index (χ2v) is 3.83. The van der Waals surface area contributed by atoms with E-state index in [0.29, 0.717) is 5.56 Å². The van der Waals surface area contributed by atoms with Gasteiger partial charge in [-0.1, -0.05) is 34.1 Å². The number of aromatic amines is 1. The van der Waals surface area contributed by atoms with E-state index in [4.69, 9.17) is 4.52 Å². The third kappa shape index (κ3) is 1.42. The molecule has 1 aromatic carbocycles. The topological polar surface area (TPSA) is 46.0 Å². The van der Waals surface area contributed by atoms with Crippen molar-refractivity contribution in [1.29, 1.82) is 0 Å². The maximum Gasteiger partial charge on any atom is 0.360 e. The van der Waals surface area contributed by atoms with Crippen molar-refractivity contribution in [3.05, 3.63) is 44.7 Å². The lowest BCUT2D eigenvalue weighted by atomic mass is 10.1. The Kier molecular flexibility index (Phi) is 2.29. The van der Waals surface area contributed by atoms with Crippen LogP contribution in [0, 0.1) is 6.92 Å². The Bertz CT molecular complexity index is 513. The minimum Gasteiger partial charge on any atom is -0.338 e. The van der Waals surface area contributed by atoms with Crippen LogP contribution in [0.4, 0.5) is 0 Å². The number of hydrogen-bond donors (Lipinski definition) is 1. The van der Waals surface area contributed by atoms with E-state index >= 15 is 0 Å². The zero-order valence-corrected chi connectivity index (χ0v) is 9.09. The molecule has 1 heterocycles. The van der Waals surface area contributed by atoms with Crippen LogP contribution in [0.2, 0.25) is 0 Å². The van der Waals surface area contributed by atoms with E-state index in [1.54, 1.807) is 6.92 Å². The SMILES string of the molecule is Cc1c(-c2ccccc2Br)[nH]oc1=O. The Morgan fingerprint density at radius 2 is 2.07 bits per heavy atom. The number of rotatable bonds is 1. The summed E-state index contributed by atoms with van der Waals surface area (Å²) in [5.74, 6) is 0. The summed E-state index contributed by atoms with van der Waals surface area (Å²) in [6.45, 7) is 1.73. The molecule has 0 saturated heterocycles. The minimum atomic E-state index is -0.323. The average molecular weight is 254 g/mol. The summed E-state index contributed by atoms with van der Waals surface area (Å²) in [5, 5.41) is 2.61. The smallest absolute Gasteiger partial charge is 0.338 e. The fourth-order valence-corrected chi connectivity index (χ4v) is 1.76. The molecule has 2 aromatic rings. The summed E-state index contributed by atoms with van der Waals surface area (Å²) in [6.07, 6.45) is 0. The van der Waals surface area contributed by atoms with E-state index in [1.165, 1.54) is 0 Å². The molecule has 1 N–H and O–H groups in total. The van der Waals surface area contributed by atoms with Crippen LogP contribution in [0.15, 0.2) is 38.1 Å². The first-order valence-corrected chi connectivity index (χ1v) is 4.92. The molecule has 1 aromatic heterocycles. The van der Waals surface area contributed by atoms with Gasteiger partial charge in [-0.05, 0) is 13.0 Å². The van der Waals surface area contributed by atoms with Crippen LogP contribution in [0.3, 0.4) is 0 Å². The molecular formula is C10H8BrNO2. The van der Waals surface area contributed by atoms with Gasteiger partial charge in [-0.25, -0.2) is 9.95 Å². The van der Waals surface area contributed by atoms with Gasteiger partial charge in [0.25, 0.3) is 0 Å². The molecule has 0 unspecified atom stereocenters. The first-order chi connectivity index (χ1) is 6.70. The summed E-state index contributed by atoms with van der Waals surface area (Å²) in [6, 6.07) is 7.66. The standard InChI is InChI=1S/C10H8BrNO2/c1-6-9(12-14-10(6)13)7-4-2-3-5-8(7)11/h2-5,12H,1H3. The van der Waals surface area contributed by atoms with Gasteiger partial charge in [0.2, 0.25) is 0 Å². The summed E-state index contributed by atoms with van der Waals surface area (Å²) in [4.78, 5) is 11.1. The van der Waals surface area contributed by atoms with Crippen molar-refractivity contribution in [2.45, 2.75) is 6.92 Å². The van der Waals surface area contributed by atoms with Crippen LogP contribution in [0.5, 0.6) is 0 Å². The Morgan fingerprint density at radius 3 is 2.64 bits per heavy atom. The Labute approximate surface area is 88.8 Å². The Balaban J connectivity index is 2.66.